The first-order valence-electron chi connectivity index (χ1n) is 3.73. The lowest BCUT2D eigenvalue weighted by Gasteiger charge is -2.08. The van der Waals surface area contributed by atoms with Crippen LogP contribution in [0.5, 0.6) is 5.88 Å². The van der Waals surface area contributed by atoms with Gasteiger partial charge in [-0.05, 0) is 5.56 Å². The molecular formula is C8H13N3O. The lowest BCUT2D eigenvalue weighted by molar-refractivity contribution is 0.397. The molecule has 0 amide bonds. The van der Waals surface area contributed by atoms with Gasteiger partial charge in [-0.15, -0.1) is 0 Å². The van der Waals surface area contributed by atoms with Gasteiger partial charge in [0.25, 0.3) is 0 Å². The molecule has 4 nitrogen and oxygen atoms in total. The van der Waals surface area contributed by atoms with Crippen LogP contribution in [0.15, 0.2) is 18.3 Å². The fourth-order valence-corrected chi connectivity index (χ4v) is 0.868. The molecule has 0 unspecified atom stereocenters. The van der Waals surface area contributed by atoms with Crippen molar-refractivity contribution in [1.29, 1.82) is 0 Å². The zero-order valence-electron chi connectivity index (χ0n) is 7.03. The maximum Gasteiger partial charge on any atom is 0.212 e. The standard InChI is InChI=1S/C8H13N3O/c1-12-8-3-2-6(5-11-8)7(10)4-9/h2-3,5,7H,4,9-10H2,1H3/t7-/m1/s1. The van der Waals surface area contributed by atoms with Crippen LogP contribution in [-0.2, 0) is 0 Å². The molecule has 1 atom stereocenters. The second-order valence-corrected chi connectivity index (χ2v) is 2.48. The highest BCUT2D eigenvalue weighted by molar-refractivity contribution is 5.20. The Morgan fingerprint density at radius 1 is 1.58 bits per heavy atom. The predicted octanol–water partition coefficient (Wildman–Crippen LogP) is 0.0487. The third-order valence-corrected chi connectivity index (χ3v) is 1.65. The van der Waals surface area contributed by atoms with Crippen LogP contribution in [0.4, 0.5) is 0 Å². The fourth-order valence-electron chi connectivity index (χ4n) is 0.868. The lowest BCUT2D eigenvalue weighted by Crippen LogP contribution is -2.20. The van der Waals surface area contributed by atoms with E-state index in [9.17, 15) is 0 Å². The largest absolute Gasteiger partial charge is 0.481 e. The molecule has 0 spiro atoms. The normalized spacial score (nSPS) is 12.6. The molecule has 0 saturated carbocycles. The zero-order chi connectivity index (χ0) is 8.97. The first kappa shape index (κ1) is 8.96. The Bertz CT molecular complexity index is 235. The van der Waals surface area contributed by atoms with Gasteiger partial charge in [-0.2, -0.15) is 0 Å². The quantitative estimate of drug-likeness (QED) is 0.667. The monoisotopic (exact) mass is 167 g/mol. The molecule has 1 heterocycles. The predicted molar refractivity (Wildman–Crippen MR) is 46.8 cm³/mol. The highest BCUT2D eigenvalue weighted by Gasteiger charge is 2.03. The van der Waals surface area contributed by atoms with E-state index in [1.54, 1.807) is 19.4 Å². The van der Waals surface area contributed by atoms with Crippen LogP contribution >= 0.6 is 0 Å². The minimum absolute atomic E-state index is 0.136. The number of rotatable bonds is 3. The summed E-state index contributed by atoms with van der Waals surface area (Å²) in [6, 6.07) is 3.50. The lowest BCUT2D eigenvalue weighted by atomic mass is 10.1. The number of nitrogens with two attached hydrogens (primary N) is 2. The van der Waals surface area contributed by atoms with Crippen LogP contribution in [0.2, 0.25) is 0 Å². The van der Waals surface area contributed by atoms with Crippen molar-refractivity contribution in [2.45, 2.75) is 6.04 Å². The van der Waals surface area contributed by atoms with Crippen molar-refractivity contribution in [2.75, 3.05) is 13.7 Å². The van der Waals surface area contributed by atoms with Crippen LogP contribution in [-0.4, -0.2) is 18.6 Å². The van der Waals surface area contributed by atoms with Gasteiger partial charge in [0, 0.05) is 24.8 Å². The Morgan fingerprint density at radius 2 is 2.33 bits per heavy atom. The average Bonchev–Trinajstić information content (AvgIpc) is 2.17. The first-order valence-corrected chi connectivity index (χ1v) is 3.73. The van der Waals surface area contributed by atoms with E-state index in [-0.39, 0.29) is 6.04 Å². The average molecular weight is 167 g/mol. The molecule has 0 fully saturated rings. The maximum absolute atomic E-state index is 5.68. The van der Waals surface area contributed by atoms with E-state index in [0.717, 1.165) is 5.56 Å². The van der Waals surface area contributed by atoms with Crippen LogP contribution in [0.1, 0.15) is 11.6 Å². The molecule has 4 heteroatoms. The van der Waals surface area contributed by atoms with Gasteiger partial charge in [0.1, 0.15) is 0 Å². The molecule has 4 N–H and O–H groups in total. The Balaban J connectivity index is 2.77. The molecule has 0 aromatic carbocycles. The number of aromatic nitrogens is 1. The van der Waals surface area contributed by atoms with Crippen molar-refractivity contribution >= 4 is 0 Å². The zero-order valence-corrected chi connectivity index (χ0v) is 7.03. The van der Waals surface area contributed by atoms with Gasteiger partial charge in [0.2, 0.25) is 5.88 Å². The molecule has 1 aromatic rings. The van der Waals surface area contributed by atoms with Crippen LogP contribution in [0.3, 0.4) is 0 Å². The van der Waals surface area contributed by atoms with Gasteiger partial charge in [0.05, 0.1) is 7.11 Å². The smallest absolute Gasteiger partial charge is 0.212 e. The molecule has 1 rings (SSSR count). The molecule has 0 aliphatic heterocycles. The fraction of sp³-hybridized carbons (Fsp3) is 0.375. The summed E-state index contributed by atoms with van der Waals surface area (Å²) in [6.07, 6.45) is 1.68. The number of nitrogens with zero attached hydrogens (tertiary/aromatic N) is 1. The van der Waals surface area contributed by atoms with Crippen molar-refractivity contribution in [3.8, 4) is 5.88 Å². The van der Waals surface area contributed by atoms with Gasteiger partial charge in [-0.25, -0.2) is 4.98 Å². The molecule has 0 aliphatic rings. The van der Waals surface area contributed by atoms with E-state index < -0.39 is 0 Å². The van der Waals surface area contributed by atoms with Crippen molar-refractivity contribution in [3.63, 3.8) is 0 Å². The topological polar surface area (TPSA) is 74.2 Å². The number of pyridine rings is 1. The molecule has 66 valence electrons. The summed E-state index contributed by atoms with van der Waals surface area (Å²) in [4.78, 5) is 4.01. The molecule has 0 bridgehead atoms. The van der Waals surface area contributed by atoms with Gasteiger partial charge in [0.15, 0.2) is 0 Å². The summed E-state index contributed by atoms with van der Waals surface area (Å²) in [6.45, 7) is 0.425. The first-order chi connectivity index (χ1) is 5.77. The third-order valence-electron chi connectivity index (χ3n) is 1.65. The molecule has 1 aromatic heterocycles. The summed E-state index contributed by atoms with van der Waals surface area (Å²) in [7, 11) is 1.57. The summed E-state index contributed by atoms with van der Waals surface area (Å²) in [5, 5.41) is 0. The van der Waals surface area contributed by atoms with Crippen molar-refractivity contribution in [1.82, 2.24) is 4.98 Å². The molecule has 12 heavy (non-hydrogen) atoms. The van der Waals surface area contributed by atoms with E-state index in [2.05, 4.69) is 4.98 Å². The van der Waals surface area contributed by atoms with Crippen LogP contribution < -0.4 is 16.2 Å². The van der Waals surface area contributed by atoms with Gasteiger partial charge >= 0.3 is 0 Å². The number of hydrogen-bond donors (Lipinski definition) is 2. The molecule has 0 saturated heterocycles. The third kappa shape index (κ3) is 1.93. The molecule has 0 aliphatic carbocycles. The highest BCUT2D eigenvalue weighted by Crippen LogP contribution is 2.11. The number of methoxy groups -OCH3 is 1. The van der Waals surface area contributed by atoms with Crippen LogP contribution in [0.25, 0.3) is 0 Å². The minimum Gasteiger partial charge on any atom is -0.481 e. The van der Waals surface area contributed by atoms with Crippen molar-refractivity contribution in [2.24, 2.45) is 11.5 Å². The second kappa shape index (κ2) is 4.04. The summed E-state index contributed by atoms with van der Waals surface area (Å²) >= 11 is 0. The van der Waals surface area contributed by atoms with E-state index >= 15 is 0 Å². The Kier molecular flexibility index (Phi) is 3.01. The van der Waals surface area contributed by atoms with Crippen molar-refractivity contribution < 1.29 is 4.74 Å². The number of ether oxygens (including phenoxy) is 1. The van der Waals surface area contributed by atoms with Crippen LogP contribution in [0, 0.1) is 0 Å². The molecule has 0 radical (unpaired) electrons. The Labute approximate surface area is 71.5 Å². The summed E-state index contributed by atoms with van der Waals surface area (Å²) in [5.41, 5.74) is 12.0. The summed E-state index contributed by atoms with van der Waals surface area (Å²) < 4.78 is 4.90. The van der Waals surface area contributed by atoms with Gasteiger partial charge < -0.3 is 16.2 Å². The Hall–Kier alpha value is -1.13. The number of hydrogen-bond acceptors (Lipinski definition) is 4. The van der Waals surface area contributed by atoms with E-state index in [1.807, 2.05) is 6.07 Å². The minimum atomic E-state index is -0.136. The van der Waals surface area contributed by atoms with Gasteiger partial charge in [-0.1, -0.05) is 6.07 Å². The molecular weight excluding hydrogens is 154 g/mol. The highest BCUT2D eigenvalue weighted by atomic mass is 16.5. The van der Waals surface area contributed by atoms with Crippen molar-refractivity contribution in [3.05, 3.63) is 23.9 Å². The Morgan fingerprint density at radius 3 is 2.75 bits per heavy atom. The SMILES string of the molecule is COc1ccc([C@H](N)CN)cn1. The maximum atomic E-state index is 5.68. The van der Waals surface area contributed by atoms with Gasteiger partial charge in [-0.3, -0.25) is 0 Å². The van der Waals surface area contributed by atoms with E-state index in [0.29, 0.717) is 12.4 Å². The second-order valence-electron chi connectivity index (χ2n) is 2.48. The van der Waals surface area contributed by atoms with E-state index in [1.165, 1.54) is 0 Å². The van der Waals surface area contributed by atoms with E-state index in [4.69, 9.17) is 16.2 Å². The summed E-state index contributed by atoms with van der Waals surface area (Å²) in [5.74, 6) is 0.586.